The number of halogens is 1. The van der Waals surface area contributed by atoms with Crippen LogP contribution in [-0.4, -0.2) is 51.0 Å². The molecule has 3 aromatic rings. The summed E-state index contributed by atoms with van der Waals surface area (Å²) in [7, 11) is -3.97. The van der Waals surface area contributed by atoms with E-state index in [0.717, 1.165) is 11.8 Å². The highest BCUT2D eigenvalue weighted by molar-refractivity contribution is 7.89. The molecule has 1 fully saturated rings. The molecule has 33 heavy (non-hydrogen) atoms. The minimum atomic E-state index is -3.97. The molecular formula is C22H23FN4O5S. The zero-order chi connectivity index (χ0) is 23.4. The normalized spacial score (nSPS) is 16.0. The number of rotatable bonds is 8. The molecule has 174 valence electrons. The van der Waals surface area contributed by atoms with Gasteiger partial charge in [-0.1, -0.05) is 6.07 Å². The number of hydrogen-bond donors (Lipinski definition) is 1. The van der Waals surface area contributed by atoms with Gasteiger partial charge in [-0.05, 0) is 42.5 Å². The van der Waals surface area contributed by atoms with Crippen LogP contribution in [0.1, 0.15) is 11.8 Å². The van der Waals surface area contributed by atoms with Crippen LogP contribution in [-0.2, 0) is 10.0 Å². The molecule has 0 saturated carbocycles. The quantitative estimate of drug-likeness (QED) is 0.395. The first-order chi connectivity index (χ1) is 15.8. The summed E-state index contributed by atoms with van der Waals surface area (Å²) in [5.74, 6) is 0.332. The highest BCUT2D eigenvalue weighted by Gasteiger charge is 2.29. The van der Waals surface area contributed by atoms with Crippen LogP contribution in [0.4, 0.5) is 15.8 Å². The third-order valence-corrected chi connectivity index (χ3v) is 7.05. The minimum absolute atomic E-state index is 0.0368. The Kier molecular flexibility index (Phi) is 6.72. The number of piperazine rings is 1. The maximum Gasteiger partial charge on any atom is 0.270 e. The van der Waals surface area contributed by atoms with E-state index in [0.29, 0.717) is 31.9 Å². The van der Waals surface area contributed by atoms with Gasteiger partial charge in [0.15, 0.2) is 0 Å². The van der Waals surface area contributed by atoms with E-state index in [1.807, 2.05) is 0 Å². The zero-order valence-corrected chi connectivity index (χ0v) is 18.4. The van der Waals surface area contributed by atoms with Crippen LogP contribution in [0.15, 0.2) is 76.2 Å². The molecule has 4 rings (SSSR count). The van der Waals surface area contributed by atoms with Gasteiger partial charge in [-0.3, -0.25) is 15.0 Å². The number of sulfonamides is 1. The lowest BCUT2D eigenvalue weighted by Gasteiger charge is -2.39. The average Bonchev–Trinajstić information content (AvgIpc) is 3.35. The van der Waals surface area contributed by atoms with E-state index >= 15 is 0 Å². The summed E-state index contributed by atoms with van der Waals surface area (Å²) in [4.78, 5) is 14.5. The van der Waals surface area contributed by atoms with Gasteiger partial charge in [0, 0.05) is 50.5 Å². The number of non-ortho nitro benzene ring substituents is 1. The molecule has 1 aliphatic rings. The van der Waals surface area contributed by atoms with Crippen molar-refractivity contribution in [2.45, 2.75) is 10.9 Å². The summed E-state index contributed by atoms with van der Waals surface area (Å²) >= 11 is 0. The number of benzene rings is 2. The number of anilines is 1. The predicted molar refractivity (Wildman–Crippen MR) is 120 cm³/mol. The second-order valence-electron chi connectivity index (χ2n) is 7.64. The van der Waals surface area contributed by atoms with Gasteiger partial charge < -0.3 is 9.32 Å². The molecule has 0 spiro atoms. The maximum atomic E-state index is 13.2. The summed E-state index contributed by atoms with van der Waals surface area (Å²) in [6.45, 7) is 2.68. The fraction of sp³-hybridized carbons (Fsp3) is 0.273. The van der Waals surface area contributed by atoms with Crippen molar-refractivity contribution in [3.63, 3.8) is 0 Å². The van der Waals surface area contributed by atoms with Crippen molar-refractivity contribution in [3.05, 3.63) is 88.6 Å². The van der Waals surface area contributed by atoms with E-state index in [4.69, 9.17) is 4.42 Å². The predicted octanol–water partition coefficient (Wildman–Crippen LogP) is 3.17. The van der Waals surface area contributed by atoms with Crippen molar-refractivity contribution >= 4 is 21.4 Å². The van der Waals surface area contributed by atoms with Crippen LogP contribution < -0.4 is 9.62 Å². The van der Waals surface area contributed by atoms with E-state index in [1.54, 1.807) is 24.3 Å². The molecule has 0 radical (unpaired) electrons. The first-order valence-corrected chi connectivity index (χ1v) is 11.8. The fourth-order valence-corrected chi connectivity index (χ4v) is 4.95. The summed E-state index contributed by atoms with van der Waals surface area (Å²) < 4.78 is 47.0. The topological polar surface area (TPSA) is 109 Å². The molecule has 0 bridgehead atoms. The third kappa shape index (κ3) is 5.38. The Hall–Kier alpha value is -3.28. The summed E-state index contributed by atoms with van der Waals surface area (Å²) in [5.41, 5.74) is 0.634. The first kappa shape index (κ1) is 22.9. The van der Waals surface area contributed by atoms with Crippen LogP contribution in [0.25, 0.3) is 0 Å². The second-order valence-corrected chi connectivity index (χ2v) is 9.40. The highest BCUT2D eigenvalue weighted by Crippen LogP contribution is 2.25. The molecule has 1 unspecified atom stereocenters. The van der Waals surface area contributed by atoms with Crippen molar-refractivity contribution in [2.24, 2.45) is 0 Å². The van der Waals surface area contributed by atoms with Crippen molar-refractivity contribution < 1.29 is 22.1 Å². The van der Waals surface area contributed by atoms with Gasteiger partial charge in [0.1, 0.15) is 11.6 Å². The lowest BCUT2D eigenvalue weighted by atomic mass is 10.1. The van der Waals surface area contributed by atoms with E-state index in [9.17, 15) is 22.9 Å². The molecule has 2 heterocycles. The Morgan fingerprint density at radius 3 is 2.42 bits per heavy atom. The highest BCUT2D eigenvalue weighted by atomic mass is 32.2. The third-order valence-electron chi connectivity index (χ3n) is 5.62. The Bertz CT molecular complexity index is 1190. The van der Waals surface area contributed by atoms with E-state index in [-0.39, 0.29) is 29.0 Å². The van der Waals surface area contributed by atoms with Gasteiger partial charge in [-0.25, -0.2) is 17.5 Å². The molecule has 1 aliphatic heterocycles. The number of nitrogens with zero attached hydrogens (tertiary/aromatic N) is 3. The number of nitro groups is 1. The number of nitro benzene ring substituents is 1. The van der Waals surface area contributed by atoms with Crippen LogP contribution in [0.5, 0.6) is 0 Å². The largest absolute Gasteiger partial charge is 0.468 e. The zero-order valence-electron chi connectivity index (χ0n) is 17.6. The van der Waals surface area contributed by atoms with Crippen LogP contribution in [0.2, 0.25) is 0 Å². The molecule has 1 atom stereocenters. The molecule has 1 saturated heterocycles. The van der Waals surface area contributed by atoms with E-state index < -0.39 is 14.9 Å². The second kappa shape index (κ2) is 9.69. The molecule has 1 N–H and O–H groups in total. The van der Waals surface area contributed by atoms with Gasteiger partial charge >= 0.3 is 0 Å². The summed E-state index contributed by atoms with van der Waals surface area (Å²) in [6, 6.07) is 14.4. The Morgan fingerprint density at radius 1 is 1.06 bits per heavy atom. The summed E-state index contributed by atoms with van der Waals surface area (Å²) in [5, 5.41) is 11.0. The van der Waals surface area contributed by atoms with Crippen molar-refractivity contribution in [1.29, 1.82) is 0 Å². The molecule has 1 aromatic heterocycles. The maximum absolute atomic E-state index is 13.2. The minimum Gasteiger partial charge on any atom is -0.468 e. The monoisotopic (exact) mass is 474 g/mol. The standard InChI is InChI=1S/C22H23FN4O5S/c23-17-6-8-18(9-7-17)25-10-12-26(13-11-25)21(22-5-2-14-32-22)16-24-33(30,31)20-4-1-3-19(15-20)27(28)29/h1-9,14-15,21,24H,10-13,16H2. The van der Waals surface area contributed by atoms with Gasteiger partial charge in [0.2, 0.25) is 10.0 Å². The van der Waals surface area contributed by atoms with Crippen LogP contribution >= 0.6 is 0 Å². The Balaban J connectivity index is 1.46. The Labute approximate surface area is 190 Å². The van der Waals surface area contributed by atoms with Gasteiger partial charge in [-0.15, -0.1) is 0 Å². The smallest absolute Gasteiger partial charge is 0.270 e. The first-order valence-electron chi connectivity index (χ1n) is 10.4. The molecule has 9 nitrogen and oxygen atoms in total. The van der Waals surface area contributed by atoms with Gasteiger partial charge in [0.25, 0.3) is 5.69 Å². The summed E-state index contributed by atoms with van der Waals surface area (Å²) in [6.07, 6.45) is 1.53. The molecule has 0 aliphatic carbocycles. The Morgan fingerprint density at radius 2 is 1.79 bits per heavy atom. The van der Waals surface area contributed by atoms with Crippen LogP contribution in [0.3, 0.4) is 0 Å². The van der Waals surface area contributed by atoms with Crippen molar-refractivity contribution in [3.8, 4) is 0 Å². The number of nitrogens with one attached hydrogen (secondary N) is 1. The van der Waals surface area contributed by atoms with Gasteiger partial charge in [0.05, 0.1) is 22.1 Å². The molecule has 2 aromatic carbocycles. The lowest BCUT2D eigenvalue weighted by molar-refractivity contribution is -0.385. The van der Waals surface area contributed by atoms with E-state index in [1.165, 1.54) is 36.6 Å². The molecule has 0 amide bonds. The SMILES string of the molecule is O=[N+]([O-])c1cccc(S(=O)(=O)NCC(c2ccco2)N2CCN(c3ccc(F)cc3)CC2)c1. The molecular weight excluding hydrogens is 451 g/mol. The van der Waals surface area contributed by atoms with Crippen molar-refractivity contribution in [1.82, 2.24) is 9.62 Å². The number of hydrogen-bond acceptors (Lipinski definition) is 7. The van der Waals surface area contributed by atoms with Crippen molar-refractivity contribution in [2.75, 3.05) is 37.6 Å². The lowest BCUT2D eigenvalue weighted by Crippen LogP contribution is -2.49. The number of furan rings is 1. The van der Waals surface area contributed by atoms with Gasteiger partial charge in [-0.2, -0.15) is 0 Å². The molecule has 11 heteroatoms. The fourth-order valence-electron chi connectivity index (χ4n) is 3.87. The average molecular weight is 475 g/mol. The van der Waals surface area contributed by atoms with Crippen LogP contribution in [0, 0.1) is 15.9 Å². The van der Waals surface area contributed by atoms with E-state index in [2.05, 4.69) is 14.5 Å².